The Morgan fingerprint density at radius 3 is 2.83 bits per heavy atom. The van der Waals surface area contributed by atoms with E-state index in [2.05, 4.69) is 38.2 Å². The first kappa shape index (κ1) is 17.3. The van der Waals surface area contributed by atoms with E-state index in [0.29, 0.717) is 11.8 Å². The summed E-state index contributed by atoms with van der Waals surface area (Å²) >= 11 is 6.15. The molecule has 0 radical (unpaired) electrons. The third-order valence-corrected chi connectivity index (χ3v) is 5.15. The van der Waals surface area contributed by atoms with E-state index in [1.807, 2.05) is 18.2 Å². The Kier molecular flexibility index (Phi) is 5.45. The van der Waals surface area contributed by atoms with Gasteiger partial charge in [0.15, 0.2) is 0 Å². The lowest BCUT2D eigenvalue weighted by Crippen LogP contribution is -2.19. The van der Waals surface area contributed by atoms with Gasteiger partial charge in [0, 0.05) is 33.7 Å². The summed E-state index contributed by atoms with van der Waals surface area (Å²) in [5.74, 6) is 1.21. The van der Waals surface area contributed by atoms with Gasteiger partial charge in [0.1, 0.15) is 0 Å². The first-order valence-electron chi connectivity index (χ1n) is 9.13. The number of halogens is 1. The zero-order valence-corrected chi connectivity index (χ0v) is 15.7. The Balaban J connectivity index is 2.04. The van der Waals surface area contributed by atoms with E-state index in [-0.39, 0.29) is 0 Å². The maximum Gasteiger partial charge on any atom is 0.0493 e. The van der Waals surface area contributed by atoms with Gasteiger partial charge in [-0.2, -0.15) is 0 Å². The molecule has 0 aliphatic heterocycles. The fraction of sp³-hybridized carbons (Fsp3) is 0.476. The van der Waals surface area contributed by atoms with Crippen LogP contribution < -0.4 is 5.32 Å². The van der Waals surface area contributed by atoms with Crippen LogP contribution in [0.5, 0.6) is 0 Å². The quantitative estimate of drug-likeness (QED) is 0.670. The highest BCUT2D eigenvalue weighted by Crippen LogP contribution is 2.39. The molecule has 1 unspecified atom stereocenters. The van der Waals surface area contributed by atoms with Gasteiger partial charge in [-0.3, -0.25) is 4.98 Å². The lowest BCUT2D eigenvalue weighted by Gasteiger charge is -2.30. The average Bonchev–Trinajstić information content (AvgIpc) is 2.54. The normalized spacial score (nSPS) is 17.0. The van der Waals surface area contributed by atoms with Crippen LogP contribution in [0.15, 0.2) is 30.3 Å². The number of benzene rings is 1. The number of rotatable bonds is 5. The maximum absolute atomic E-state index is 6.15. The van der Waals surface area contributed by atoms with Crippen LogP contribution in [0.4, 0.5) is 11.4 Å². The highest BCUT2D eigenvalue weighted by molar-refractivity contribution is 6.30. The van der Waals surface area contributed by atoms with Gasteiger partial charge in [-0.1, -0.05) is 44.9 Å². The van der Waals surface area contributed by atoms with Crippen LogP contribution in [0.1, 0.15) is 62.9 Å². The molecule has 0 amide bonds. The van der Waals surface area contributed by atoms with Gasteiger partial charge in [0.2, 0.25) is 0 Å². The largest absolute Gasteiger partial charge is 0.355 e. The molecule has 0 saturated carbocycles. The van der Waals surface area contributed by atoms with Crippen molar-refractivity contribution in [1.82, 2.24) is 4.98 Å². The number of hydrogen-bond acceptors (Lipinski definition) is 2. The van der Waals surface area contributed by atoms with Gasteiger partial charge in [-0.05, 0) is 61.4 Å². The predicted molar refractivity (Wildman–Crippen MR) is 103 cm³/mol. The maximum atomic E-state index is 6.15. The van der Waals surface area contributed by atoms with E-state index in [4.69, 9.17) is 16.6 Å². The summed E-state index contributed by atoms with van der Waals surface area (Å²) in [6.45, 7) is 6.85. The summed E-state index contributed by atoms with van der Waals surface area (Å²) in [7, 11) is 0. The van der Waals surface area contributed by atoms with Gasteiger partial charge in [-0.25, -0.2) is 0 Å². The molecular formula is C21H27ClN2. The zero-order chi connectivity index (χ0) is 17.1. The van der Waals surface area contributed by atoms with E-state index in [0.717, 1.165) is 30.0 Å². The minimum absolute atomic E-state index is 0.575. The first-order valence-corrected chi connectivity index (χ1v) is 9.51. The molecule has 1 heterocycles. The van der Waals surface area contributed by atoms with Crippen molar-refractivity contribution in [3.63, 3.8) is 0 Å². The van der Waals surface area contributed by atoms with Gasteiger partial charge >= 0.3 is 0 Å². The van der Waals surface area contributed by atoms with Gasteiger partial charge in [0.25, 0.3) is 0 Å². The standard InChI is InChI=1S/C21H27ClN2/c1-4-7-16-13-20(23-17-9-5-8-15(22)12-17)19-11-6-10-18(14(2)3)21(19)24-16/h5,8-9,12-14,18H,4,6-7,10-11H2,1-3H3,(H,23,24). The molecule has 3 rings (SSSR count). The topological polar surface area (TPSA) is 24.9 Å². The van der Waals surface area contributed by atoms with Crippen LogP contribution in [0.25, 0.3) is 0 Å². The molecule has 0 spiro atoms. The predicted octanol–water partition coefficient (Wildman–Crippen LogP) is 6.51. The third-order valence-electron chi connectivity index (χ3n) is 4.92. The minimum Gasteiger partial charge on any atom is -0.355 e. The monoisotopic (exact) mass is 342 g/mol. The fourth-order valence-corrected chi connectivity index (χ4v) is 3.91. The summed E-state index contributed by atoms with van der Waals surface area (Å²) in [6, 6.07) is 10.2. The molecule has 2 aromatic rings. The van der Waals surface area contributed by atoms with Crippen molar-refractivity contribution in [2.75, 3.05) is 5.32 Å². The Morgan fingerprint density at radius 1 is 1.29 bits per heavy atom. The average molecular weight is 343 g/mol. The second-order valence-electron chi connectivity index (χ2n) is 7.15. The molecule has 0 saturated heterocycles. The molecule has 1 aliphatic carbocycles. The van der Waals surface area contributed by atoms with Crippen molar-refractivity contribution in [1.29, 1.82) is 0 Å². The third kappa shape index (κ3) is 3.75. The molecule has 1 atom stereocenters. The second kappa shape index (κ2) is 7.57. The van der Waals surface area contributed by atoms with Crippen molar-refractivity contribution >= 4 is 23.0 Å². The van der Waals surface area contributed by atoms with E-state index in [9.17, 15) is 0 Å². The first-order chi connectivity index (χ1) is 11.6. The number of aromatic nitrogens is 1. The zero-order valence-electron chi connectivity index (χ0n) is 14.9. The number of aryl methyl sites for hydroxylation is 1. The van der Waals surface area contributed by atoms with Gasteiger partial charge in [-0.15, -0.1) is 0 Å². The van der Waals surface area contributed by atoms with Crippen molar-refractivity contribution < 1.29 is 0 Å². The van der Waals surface area contributed by atoms with E-state index in [1.165, 1.54) is 35.5 Å². The summed E-state index contributed by atoms with van der Waals surface area (Å²) in [5, 5.41) is 4.37. The lowest BCUT2D eigenvalue weighted by atomic mass is 9.79. The molecule has 128 valence electrons. The molecule has 2 nitrogen and oxygen atoms in total. The highest BCUT2D eigenvalue weighted by Gasteiger charge is 2.27. The number of fused-ring (bicyclic) bond motifs is 1. The second-order valence-corrected chi connectivity index (χ2v) is 7.59. The Labute approximate surface area is 150 Å². The number of nitrogens with one attached hydrogen (secondary N) is 1. The lowest BCUT2D eigenvalue weighted by molar-refractivity contribution is 0.422. The summed E-state index contributed by atoms with van der Waals surface area (Å²) in [4.78, 5) is 5.06. The number of anilines is 2. The van der Waals surface area contributed by atoms with Crippen LogP contribution in [-0.2, 0) is 12.8 Å². The Bertz CT molecular complexity index is 709. The van der Waals surface area contributed by atoms with Crippen LogP contribution in [0.2, 0.25) is 5.02 Å². The molecule has 1 aromatic heterocycles. The Morgan fingerprint density at radius 2 is 2.12 bits per heavy atom. The molecule has 24 heavy (non-hydrogen) atoms. The van der Waals surface area contributed by atoms with Crippen molar-refractivity contribution in [3.8, 4) is 0 Å². The van der Waals surface area contributed by atoms with E-state index in [1.54, 1.807) is 0 Å². The highest BCUT2D eigenvalue weighted by atomic mass is 35.5. The van der Waals surface area contributed by atoms with Crippen molar-refractivity contribution in [2.24, 2.45) is 5.92 Å². The Hall–Kier alpha value is -1.54. The summed E-state index contributed by atoms with van der Waals surface area (Å²) in [5.41, 5.74) is 6.20. The van der Waals surface area contributed by atoms with Crippen LogP contribution in [0.3, 0.4) is 0 Å². The molecular weight excluding hydrogens is 316 g/mol. The van der Waals surface area contributed by atoms with E-state index >= 15 is 0 Å². The smallest absolute Gasteiger partial charge is 0.0493 e. The summed E-state index contributed by atoms with van der Waals surface area (Å²) in [6.07, 6.45) is 5.76. The van der Waals surface area contributed by atoms with E-state index < -0.39 is 0 Å². The van der Waals surface area contributed by atoms with Crippen molar-refractivity contribution in [3.05, 3.63) is 52.3 Å². The molecule has 0 bridgehead atoms. The SMILES string of the molecule is CCCc1cc(Nc2cccc(Cl)c2)c2c(n1)C(C(C)C)CCC2. The van der Waals surface area contributed by atoms with Crippen LogP contribution in [-0.4, -0.2) is 4.98 Å². The minimum atomic E-state index is 0.575. The number of hydrogen-bond donors (Lipinski definition) is 1. The van der Waals surface area contributed by atoms with Gasteiger partial charge in [0.05, 0.1) is 0 Å². The van der Waals surface area contributed by atoms with Gasteiger partial charge < -0.3 is 5.32 Å². The molecule has 1 aromatic carbocycles. The summed E-state index contributed by atoms with van der Waals surface area (Å²) < 4.78 is 0. The number of nitrogens with zero attached hydrogens (tertiary/aromatic N) is 1. The molecule has 1 aliphatic rings. The molecule has 3 heteroatoms. The van der Waals surface area contributed by atoms with Crippen LogP contribution in [0, 0.1) is 5.92 Å². The molecule has 0 fully saturated rings. The van der Waals surface area contributed by atoms with Crippen molar-refractivity contribution in [2.45, 2.75) is 58.8 Å². The molecule has 1 N–H and O–H groups in total. The van der Waals surface area contributed by atoms with Crippen LogP contribution >= 0.6 is 11.6 Å². The number of pyridine rings is 1. The fourth-order valence-electron chi connectivity index (χ4n) is 3.72.